The smallest absolute Gasteiger partial charge is 0.418 e. The molecule has 3 aromatic rings. The van der Waals surface area contributed by atoms with Gasteiger partial charge in [0, 0.05) is 11.9 Å². The van der Waals surface area contributed by atoms with Gasteiger partial charge in [-0.05, 0) is 36.8 Å². The number of benzene rings is 2. The van der Waals surface area contributed by atoms with Gasteiger partial charge in [0.1, 0.15) is 5.69 Å². The van der Waals surface area contributed by atoms with Gasteiger partial charge >= 0.3 is 12.1 Å². The number of fused-ring (bicyclic) bond motifs is 1. The molecule has 0 saturated carbocycles. The molecule has 0 aliphatic heterocycles. The van der Waals surface area contributed by atoms with Crippen molar-refractivity contribution in [3.05, 3.63) is 69.3 Å². The zero-order chi connectivity index (χ0) is 19.8. The fourth-order valence-electron chi connectivity index (χ4n) is 2.91. The SMILES string of the molecule is CCOC(=O)c1cc2cccc(C(F)(F)F)c2n1Cc1ccc(Cl)c(Cl)c1. The Hall–Kier alpha value is -2.18. The summed E-state index contributed by atoms with van der Waals surface area (Å²) in [4.78, 5) is 12.3. The average molecular weight is 416 g/mol. The second-order valence-corrected chi connectivity index (χ2v) is 6.64. The maximum absolute atomic E-state index is 13.5. The van der Waals surface area contributed by atoms with Crippen LogP contribution in [0, 0.1) is 0 Å². The molecule has 2 aromatic carbocycles. The van der Waals surface area contributed by atoms with E-state index in [0.29, 0.717) is 16.0 Å². The molecule has 142 valence electrons. The zero-order valence-corrected chi connectivity index (χ0v) is 15.6. The number of para-hydroxylation sites is 1. The van der Waals surface area contributed by atoms with Crippen molar-refractivity contribution >= 4 is 40.1 Å². The summed E-state index contributed by atoms with van der Waals surface area (Å²) < 4.78 is 46.9. The van der Waals surface area contributed by atoms with Crippen molar-refractivity contribution in [2.24, 2.45) is 0 Å². The number of hydrogen-bond donors (Lipinski definition) is 0. The van der Waals surface area contributed by atoms with Gasteiger partial charge in [0.05, 0.1) is 27.7 Å². The fourth-order valence-corrected chi connectivity index (χ4v) is 3.23. The van der Waals surface area contributed by atoms with Crippen molar-refractivity contribution in [3.8, 4) is 0 Å². The Labute approximate surface area is 163 Å². The van der Waals surface area contributed by atoms with Gasteiger partial charge in [0.25, 0.3) is 0 Å². The topological polar surface area (TPSA) is 31.2 Å². The first-order chi connectivity index (χ1) is 12.7. The molecule has 1 aromatic heterocycles. The summed E-state index contributed by atoms with van der Waals surface area (Å²) >= 11 is 11.9. The molecule has 0 bridgehead atoms. The Morgan fingerprint density at radius 3 is 2.48 bits per heavy atom. The molecule has 0 aliphatic carbocycles. The molecule has 0 atom stereocenters. The molecule has 0 N–H and O–H groups in total. The van der Waals surface area contributed by atoms with E-state index in [1.807, 2.05) is 0 Å². The molecule has 1 heterocycles. The lowest BCUT2D eigenvalue weighted by molar-refractivity contribution is -0.136. The minimum atomic E-state index is -4.57. The van der Waals surface area contributed by atoms with Gasteiger partial charge in [0.2, 0.25) is 0 Å². The number of rotatable bonds is 4. The van der Waals surface area contributed by atoms with Crippen LogP contribution in [0.2, 0.25) is 10.0 Å². The summed E-state index contributed by atoms with van der Waals surface area (Å²) in [5, 5.41) is 0.909. The minimum absolute atomic E-state index is 0.00162. The molecular formula is C19H14Cl2F3NO2. The minimum Gasteiger partial charge on any atom is -0.461 e. The van der Waals surface area contributed by atoms with Crippen molar-refractivity contribution in [1.82, 2.24) is 4.57 Å². The van der Waals surface area contributed by atoms with Crippen LogP contribution in [-0.4, -0.2) is 17.1 Å². The molecule has 0 amide bonds. The molecule has 0 fully saturated rings. The fraction of sp³-hybridized carbons (Fsp3) is 0.211. The van der Waals surface area contributed by atoms with Crippen LogP contribution in [0.3, 0.4) is 0 Å². The molecule has 0 spiro atoms. The van der Waals surface area contributed by atoms with Crippen LogP contribution in [0.15, 0.2) is 42.5 Å². The average Bonchev–Trinajstić information content (AvgIpc) is 2.96. The Balaban J connectivity index is 2.24. The second-order valence-electron chi connectivity index (χ2n) is 5.83. The van der Waals surface area contributed by atoms with Crippen molar-refractivity contribution < 1.29 is 22.7 Å². The maximum Gasteiger partial charge on any atom is 0.418 e. The number of ether oxygens (including phenoxy) is 1. The van der Waals surface area contributed by atoms with Gasteiger partial charge in [0.15, 0.2) is 0 Å². The summed E-state index contributed by atoms with van der Waals surface area (Å²) in [7, 11) is 0. The monoisotopic (exact) mass is 415 g/mol. The van der Waals surface area contributed by atoms with Crippen molar-refractivity contribution in [2.45, 2.75) is 19.6 Å². The van der Waals surface area contributed by atoms with E-state index >= 15 is 0 Å². The van der Waals surface area contributed by atoms with E-state index in [2.05, 4.69) is 0 Å². The number of aromatic nitrogens is 1. The van der Waals surface area contributed by atoms with Gasteiger partial charge in [-0.25, -0.2) is 4.79 Å². The number of esters is 1. The number of alkyl halides is 3. The van der Waals surface area contributed by atoms with Gasteiger partial charge in [-0.15, -0.1) is 0 Å². The molecule has 0 aliphatic rings. The van der Waals surface area contributed by atoms with Gasteiger partial charge in [-0.3, -0.25) is 0 Å². The summed E-state index contributed by atoms with van der Waals surface area (Å²) in [5.41, 5.74) is -0.270. The third-order valence-electron chi connectivity index (χ3n) is 4.03. The highest BCUT2D eigenvalue weighted by Gasteiger charge is 2.35. The highest BCUT2D eigenvalue weighted by atomic mass is 35.5. The summed E-state index contributed by atoms with van der Waals surface area (Å²) in [6, 6.07) is 9.98. The lowest BCUT2D eigenvalue weighted by atomic mass is 10.1. The lowest BCUT2D eigenvalue weighted by Crippen LogP contribution is -2.15. The number of nitrogens with zero attached hydrogens (tertiary/aromatic N) is 1. The van der Waals surface area contributed by atoms with Crippen LogP contribution in [0.4, 0.5) is 13.2 Å². The molecule has 27 heavy (non-hydrogen) atoms. The van der Waals surface area contributed by atoms with Crippen LogP contribution in [0.1, 0.15) is 28.5 Å². The van der Waals surface area contributed by atoms with Gasteiger partial charge in [-0.2, -0.15) is 13.2 Å². The largest absolute Gasteiger partial charge is 0.461 e. The molecule has 3 rings (SSSR count). The molecular weight excluding hydrogens is 402 g/mol. The number of hydrogen-bond acceptors (Lipinski definition) is 2. The molecule has 8 heteroatoms. The number of carbonyl (C=O) groups excluding carboxylic acids is 1. The van der Waals surface area contributed by atoms with Gasteiger partial charge < -0.3 is 9.30 Å². The summed E-state index contributed by atoms with van der Waals surface area (Å²) in [6.07, 6.45) is -4.57. The molecule has 0 saturated heterocycles. The van der Waals surface area contributed by atoms with Crippen molar-refractivity contribution in [3.63, 3.8) is 0 Å². The lowest BCUT2D eigenvalue weighted by Gasteiger charge is -2.15. The van der Waals surface area contributed by atoms with Crippen molar-refractivity contribution in [1.29, 1.82) is 0 Å². The van der Waals surface area contributed by atoms with Crippen LogP contribution < -0.4 is 0 Å². The molecule has 3 nitrogen and oxygen atoms in total. The third kappa shape index (κ3) is 3.92. The van der Waals surface area contributed by atoms with Crippen LogP contribution >= 0.6 is 23.2 Å². The zero-order valence-electron chi connectivity index (χ0n) is 14.1. The predicted octanol–water partition coefficient (Wildman–Crippen LogP) is 6.19. The molecule has 0 unspecified atom stereocenters. The van der Waals surface area contributed by atoms with E-state index < -0.39 is 17.7 Å². The number of halogens is 5. The van der Waals surface area contributed by atoms with E-state index in [1.165, 1.54) is 22.8 Å². The summed E-state index contributed by atoms with van der Waals surface area (Å²) in [5.74, 6) is -0.693. The van der Waals surface area contributed by atoms with E-state index in [9.17, 15) is 18.0 Å². The predicted molar refractivity (Wildman–Crippen MR) is 98.5 cm³/mol. The second kappa shape index (κ2) is 7.44. The highest BCUT2D eigenvalue weighted by molar-refractivity contribution is 6.42. The first-order valence-electron chi connectivity index (χ1n) is 8.03. The Bertz CT molecular complexity index is 1010. The Morgan fingerprint density at radius 1 is 1.11 bits per heavy atom. The molecule has 0 radical (unpaired) electrons. The quantitative estimate of drug-likeness (QED) is 0.475. The standard InChI is InChI=1S/C19H14Cl2F3NO2/c1-2-27-18(26)16-9-12-4-3-5-13(19(22,23)24)17(12)25(16)10-11-6-7-14(20)15(21)8-11/h3-9H,2,10H2,1H3. The highest BCUT2D eigenvalue weighted by Crippen LogP contribution is 2.37. The van der Waals surface area contributed by atoms with Gasteiger partial charge in [-0.1, -0.05) is 41.4 Å². The first kappa shape index (κ1) is 19.6. The summed E-state index contributed by atoms with van der Waals surface area (Å²) in [6.45, 7) is 1.74. The number of carbonyl (C=O) groups is 1. The normalized spacial score (nSPS) is 11.8. The van der Waals surface area contributed by atoms with E-state index in [4.69, 9.17) is 27.9 Å². The Morgan fingerprint density at radius 2 is 1.85 bits per heavy atom. The van der Waals surface area contributed by atoms with E-state index in [-0.39, 0.29) is 29.4 Å². The van der Waals surface area contributed by atoms with Crippen LogP contribution in [0.5, 0.6) is 0 Å². The third-order valence-corrected chi connectivity index (χ3v) is 4.77. The van der Waals surface area contributed by atoms with E-state index in [0.717, 1.165) is 6.07 Å². The maximum atomic E-state index is 13.5. The Kier molecular flexibility index (Phi) is 5.40. The van der Waals surface area contributed by atoms with Crippen LogP contribution in [0.25, 0.3) is 10.9 Å². The first-order valence-corrected chi connectivity index (χ1v) is 8.78. The van der Waals surface area contributed by atoms with Crippen molar-refractivity contribution in [2.75, 3.05) is 6.61 Å². The van der Waals surface area contributed by atoms with Crippen LogP contribution in [-0.2, 0) is 17.5 Å². The van der Waals surface area contributed by atoms with E-state index in [1.54, 1.807) is 25.1 Å².